The van der Waals surface area contributed by atoms with Crippen molar-refractivity contribution in [2.45, 2.75) is 44.6 Å². The summed E-state index contributed by atoms with van der Waals surface area (Å²) >= 11 is 0. The molecular weight excluding hydrogens is 442 g/mol. The second-order valence-corrected chi connectivity index (χ2v) is 10.2. The zero-order chi connectivity index (χ0) is 24.7. The molecule has 184 valence electrons. The molecule has 2 aromatic heterocycles. The molecule has 3 heterocycles. The Kier molecular flexibility index (Phi) is 5.96. The van der Waals surface area contributed by atoms with Crippen LogP contribution in [0.25, 0.3) is 11.4 Å². The Balaban J connectivity index is 1.42. The predicted octanol–water partition coefficient (Wildman–Crippen LogP) is 3.29. The molecule has 0 bridgehead atoms. The van der Waals surface area contributed by atoms with Crippen LogP contribution in [-0.4, -0.2) is 63.8 Å². The van der Waals surface area contributed by atoms with Gasteiger partial charge in [0.25, 0.3) is 5.91 Å². The molecule has 1 fully saturated rings. The summed E-state index contributed by atoms with van der Waals surface area (Å²) in [5.74, 6) is 1.15. The van der Waals surface area contributed by atoms with Crippen molar-refractivity contribution in [2.24, 2.45) is 7.05 Å². The number of rotatable bonds is 5. The number of aromatic nitrogens is 4. The number of piperidine rings is 1. The van der Waals surface area contributed by atoms with Gasteiger partial charge < -0.3 is 20.3 Å². The third-order valence-corrected chi connectivity index (χ3v) is 6.95. The van der Waals surface area contributed by atoms with Gasteiger partial charge in [0.1, 0.15) is 11.9 Å². The van der Waals surface area contributed by atoms with E-state index in [9.17, 15) is 4.79 Å². The summed E-state index contributed by atoms with van der Waals surface area (Å²) in [7, 11) is 5.63. The number of fused-ring (bicyclic) bond motifs is 3. The van der Waals surface area contributed by atoms with Crippen LogP contribution < -0.4 is 15.4 Å². The van der Waals surface area contributed by atoms with Crippen molar-refractivity contribution in [2.75, 3.05) is 32.5 Å². The Morgan fingerprint density at radius 3 is 2.71 bits per heavy atom. The number of nitrogens with one attached hydrogen (secondary N) is 2. The molecule has 1 aliphatic heterocycles. The van der Waals surface area contributed by atoms with Gasteiger partial charge in [0, 0.05) is 50.7 Å². The van der Waals surface area contributed by atoms with E-state index in [-0.39, 0.29) is 17.4 Å². The van der Waals surface area contributed by atoms with Gasteiger partial charge in [0.2, 0.25) is 5.95 Å². The zero-order valence-corrected chi connectivity index (χ0v) is 21.1. The third kappa shape index (κ3) is 4.48. The van der Waals surface area contributed by atoms with E-state index in [0.29, 0.717) is 11.6 Å². The van der Waals surface area contributed by atoms with Crippen LogP contribution in [0.5, 0.6) is 5.75 Å². The van der Waals surface area contributed by atoms with Gasteiger partial charge in [-0.05, 0) is 49.4 Å². The van der Waals surface area contributed by atoms with Crippen molar-refractivity contribution in [1.29, 1.82) is 0 Å². The standard InChI is InChI=1S/C26H33N7O2/c1-26(2)14-16-15-28-25(30-21(16)23-20(26)22(24(34)27-3)31-33(23)5)29-17-7-6-8-19(13-17)35-18-9-11-32(4)12-10-18/h6-8,13,15,18H,9-12,14H2,1-5H3,(H,27,34)(H,28,29,30). The molecule has 3 aromatic rings. The van der Waals surface area contributed by atoms with Crippen molar-refractivity contribution in [1.82, 2.24) is 30.0 Å². The number of amides is 1. The highest BCUT2D eigenvalue weighted by Gasteiger charge is 2.39. The highest BCUT2D eigenvalue weighted by Crippen LogP contribution is 2.43. The minimum Gasteiger partial charge on any atom is -0.490 e. The van der Waals surface area contributed by atoms with Crippen LogP contribution in [-0.2, 0) is 18.9 Å². The molecule has 0 spiro atoms. The van der Waals surface area contributed by atoms with Crippen LogP contribution in [0.4, 0.5) is 11.6 Å². The highest BCUT2D eigenvalue weighted by molar-refractivity contribution is 5.96. The molecule has 1 aliphatic carbocycles. The summed E-state index contributed by atoms with van der Waals surface area (Å²) in [6.45, 7) is 6.37. The van der Waals surface area contributed by atoms with Gasteiger partial charge in [-0.2, -0.15) is 5.10 Å². The van der Waals surface area contributed by atoms with Gasteiger partial charge >= 0.3 is 0 Å². The van der Waals surface area contributed by atoms with Crippen LogP contribution in [0.3, 0.4) is 0 Å². The van der Waals surface area contributed by atoms with Gasteiger partial charge in [-0.25, -0.2) is 9.97 Å². The van der Waals surface area contributed by atoms with E-state index >= 15 is 0 Å². The lowest BCUT2D eigenvalue weighted by Crippen LogP contribution is -2.35. The van der Waals surface area contributed by atoms with Crippen LogP contribution in [0, 0.1) is 0 Å². The number of aryl methyl sites for hydroxylation is 1. The number of anilines is 2. The van der Waals surface area contributed by atoms with Crippen LogP contribution >= 0.6 is 0 Å². The molecular formula is C26H33N7O2. The molecule has 2 aliphatic rings. The first-order valence-corrected chi connectivity index (χ1v) is 12.1. The number of carbonyl (C=O) groups excluding carboxylic acids is 1. The first-order valence-electron chi connectivity index (χ1n) is 12.1. The van der Waals surface area contributed by atoms with Crippen molar-refractivity contribution < 1.29 is 9.53 Å². The first kappa shape index (κ1) is 23.3. The van der Waals surface area contributed by atoms with Crippen LogP contribution in [0.1, 0.15) is 48.3 Å². The number of ether oxygens (including phenoxy) is 1. The van der Waals surface area contributed by atoms with E-state index < -0.39 is 0 Å². The van der Waals surface area contributed by atoms with E-state index in [2.05, 4.69) is 46.5 Å². The van der Waals surface area contributed by atoms with E-state index in [0.717, 1.165) is 66.3 Å². The summed E-state index contributed by atoms with van der Waals surface area (Å²) in [6, 6.07) is 7.93. The molecule has 0 atom stereocenters. The quantitative estimate of drug-likeness (QED) is 0.584. The van der Waals surface area contributed by atoms with E-state index in [4.69, 9.17) is 9.72 Å². The Labute approximate surface area is 205 Å². The monoisotopic (exact) mass is 475 g/mol. The summed E-state index contributed by atoms with van der Waals surface area (Å²) in [5, 5.41) is 10.6. The fourth-order valence-electron chi connectivity index (χ4n) is 5.15. The van der Waals surface area contributed by atoms with Crippen LogP contribution in [0.15, 0.2) is 30.5 Å². The number of hydrogen-bond donors (Lipinski definition) is 2. The Bertz CT molecular complexity index is 1260. The van der Waals surface area contributed by atoms with Gasteiger partial charge in [0.05, 0.1) is 11.4 Å². The summed E-state index contributed by atoms with van der Waals surface area (Å²) in [4.78, 5) is 24.3. The smallest absolute Gasteiger partial charge is 0.271 e. The van der Waals surface area contributed by atoms with E-state index in [1.807, 2.05) is 37.5 Å². The second-order valence-electron chi connectivity index (χ2n) is 10.2. The summed E-state index contributed by atoms with van der Waals surface area (Å²) in [6.07, 6.45) is 4.90. The number of nitrogens with zero attached hydrogens (tertiary/aromatic N) is 5. The fraction of sp³-hybridized carbons (Fsp3) is 0.462. The second kappa shape index (κ2) is 8.96. The highest BCUT2D eigenvalue weighted by atomic mass is 16.5. The summed E-state index contributed by atoms with van der Waals surface area (Å²) < 4.78 is 7.99. The Morgan fingerprint density at radius 2 is 1.97 bits per heavy atom. The number of benzene rings is 1. The number of hydrogen-bond acceptors (Lipinski definition) is 7. The molecule has 2 N–H and O–H groups in total. The minimum atomic E-state index is -0.268. The van der Waals surface area contributed by atoms with E-state index in [1.165, 1.54) is 0 Å². The number of likely N-dealkylation sites (tertiary alicyclic amines) is 1. The molecule has 1 aromatic carbocycles. The minimum absolute atomic E-state index is 0.188. The van der Waals surface area contributed by atoms with Crippen molar-refractivity contribution in [3.05, 3.63) is 47.3 Å². The lowest BCUT2D eigenvalue weighted by molar-refractivity contribution is 0.0955. The summed E-state index contributed by atoms with van der Waals surface area (Å²) in [5.41, 5.74) is 4.68. The average molecular weight is 476 g/mol. The normalized spacial score (nSPS) is 17.4. The average Bonchev–Trinajstić information content (AvgIpc) is 3.19. The molecule has 0 saturated carbocycles. The molecule has 0 radical (unpaired) electrons. The molecule has 0 unspecified atom stereocenters. The van der Waals surface area contributed by atoms with Crippen molar-refractivity contribution >= 4 is 17.5 Å². The molecule has 35 heavy (non-hydrogen) atoms. The molecule has 1 amide bonds. The molecule has 9 nitrogen and oxygen atoms in total. The van der Waals surface area contributed by atoms with Crippen molar-refractivity contribution in [3.8, 4) is 17.1 Å². The van der Waals surface area contributed by atoms with Gasteiger partial charge in [-0.1, -0.05) is 19.9 Å². The SMILES string of the molecule is CNC(=O)c1nn(C)c2c1C(C)(C)Cc1cnc(Nc3cccc(OC4CCN(C)CC4)c3)nc1-2. The molecule has 5 rings (SSSR count). The largest absolute Gasteiger partial charge is 0.490 e. The van der Waals surface area contributed by atoms with Gasteiger partial charge in [0.15, 0.2) is 5.69 Å². The first-order chi connectivity index (χ1) is 16.7. The van der Waals surface area contributed by atoms with Gasteiger partial charge in [-0.3, -0.25) is 9.48 Å². The van der Waals surface area contributed by atoms with E-state index in [1.54, 1.807) is 11.7 Å². The third-order valence-electron chi connectivity index (χ3n) is 6.95. The Hall–Kier alpha value is -3.46. The molecule has 1 saturated heterocycles. The lowest BCUT2D eigenvalue weighted by atomic mass is 9.73. The zero-order valence-electron chi connectivity index (χ0n) is 21.1. The molecule has 9 heteroatoms. The van der Waals surface area contributed by atoms with Crippen LogP contribution in [0.2, 0.25) is 0 Å². The maximum absolute atomic E-state index is 12.6. The fourth-order valence-corrected chi connectivity index (χ4v) is 5.15. The lowest BCUT2D eigenvalue weighted by Gasteiger charge is -2.31. The predicted molar refractivity (Wildman–Crippen MR) is 135 cm³/mol. The Morgan fingerprint density at radius 1 is 1.20 bits per heavy atom. The van der Waals surface area contributed by atoms with Crippen molar-refractivity contribution in [3.63, 3.8) is 0 Å². The maximum Gasteiger partial charge on any atom is 0.271 e. The topological polar surface area (TPSA) is 97.2 Å². The van der Waals surface area contributed by atoms with Gasteiger partial charge in [-0.15, -0.1) is 0 Å². The maximum atomic E-state index is 12.6. The number of carbonyl (C=O) groups is 1.